The van der Waals surface area contributed by atoms with E-state index in [1.807, 2.05) is 20.8 Å². The lowest BCUT2D eigenvalue weighted by molar-refractivity contribution is 0.283. The number of nitrogens with two attached hydrogens (primary N) is 1. The lowest BCUT2D eigenvalue weighted by atomic mass is 10.1. The van der Waals surface area contributed by atoms with E-state index in [1.165, 1.54) is 12.1 Å². The number of rotatable bonds is 6. The topological polar surface area (TPSA) is 74.2 Å². The molecular formula is C15H20FN3O2. The zero-order chi connectivity index (χ0) is 15.4. The third-order valence-corrected chi connectivity index (χ3v) is 2.83. The Kier molecular flexibility index (Phi) is 4.90. The molecule has 114 valence electrons. The van der Waals surface area contributed by atoms with Gasteiger partial charge in [-0.2, -0.15) is 4.98 Å². The Balaban J connectivity index is 2.03. The van der Waals surface area contributed by atoms with Crippen molar-refractivity contribution in [3.05, 3.63) is 41.3 Å². The number of aromatic nitrogens is 2. The van der Waals surface area contributed by atoms with Gasteiger partial charge < -0.3 is 15.0 Å². The fraction of sp³-hybridized carbons (Fsp3) is 0.467. The molecule has 0 saturated carbocycles. The average Bonchev–Trinajstić information content (AvgIpc) is 2.83. The molecule has 1 heterocycles. The minimum absolute atomic E-state index is 0.0366. The third kappa shape index (κ3) is 4.53. The van der Waals surface area contributed by atoms with Gasteiger partial charge in [-0.1, -0.05) is 19.0 Å². The first-order valence-electron chi connectivity index (χ1n) is 6.94. The van der Waals surface area contributed by atoms with Crippen molar-refractivity contribution in [2.45, 2.75) is 45.8 Å². The maximum atomic E-state index is 13.5. The second kappa shape index (κ2) is 6.67. The summed E-state index contributed by atoms with van der Waals surface area (Å²) in [7, 11) is 0. The highest BCUT2D eigenvalue weighted by atomic mass is 19.1. The molecule has 21 heavy (non-hydrogen) atoms. The van der Waals surface area contributed by atoms with Gasteiger partial charge in [0, 0.05) is 18.0 Å². The van der Waals surface area contributed by atoms with E-state index >= 15 is 0 Å². The van der Waals surface area contributed by atoms with Gasteiger partial charge in [0.25, 0.3) is 0 Å². The molecule has 0 fully saturated rings. The van der Waals surface area contributed by atoms with Crippen LogP contribution in [0.5, 0.6) is 5.75 Å². The van der Waals surface area contributed by atoms with Crippen LogP contribution in [-0.2, 0) is 13.0 Å². The van der Waals surface area contributed by atoms with Crippen molar-refractivity contribution in [1.82, 2.24) is 10.1 Å². The lowest BCUT2D eigenvalue weighted by Gasteiger charge is -2.09. The molecule has 1 aromatic carbocycles. The summed E-state index contributed by atoms with van der Waals surface area (Å²) in [5.41, 5.74) is 6.53. The summed E-state index contributed by atoms with van der Waals surface area (Å²) in [6.45, 7) is 5.94. The van der Waals surface area contributed by atoms with E-state index in [-0.39, 0.29) is 24.4 Å². The Morgan fingerprint density at radius 3 is 2.67 bits per heavy atom. The van der Waals surface area contributed by atoms with E-state index in [0.717, 1.165) is 5.56 Å². The van der Waals surface area contributed by atoms with E-state index in [4.69, 9.17) is 15.0 Å². The minimum atomic E-state index is -0.348. The van der Waals surface area contributed by atoms with Crippen LogP contribution in [0.2, 0.25) is 0 Å². The Bertz CT molecular complexity index is 596. The SMILES string of the molecule is CC(N)Cc1cc(F)cc(OCc2noc(C(C)C)n2)c1. The van der Waals surface area contributed by atoms with Crippen molar-refractivity contribution in [1.29, 1.82) is 0 Å². The Morgan fingerprint density at radius 2 is 2.05 bits per heavy atom. The summed E-state index contributed by atoms with van der Waals surface area (Å²) in [6, 6.07) is 4.52. The number of nitrogens with zero attached hydrogens (tertiary/aromatic N) is 2. The second-order valence-corrected chi connectivity index (χ2v) is 5.47. The van der Waals surface area contributed by atoms with Gasteiger partial charge in [0.1, 0.15) is 11.6 Å². The standard InChI is InChI=1S/C15H20FN3O2/c1-9(2)15-18-14(19-21-15)8-20-13-6-11(4-10(3)17)5-12(16)7-13/h5-7,9-10H,4,8,17H2,1-3H3. The molecule has 0 aliphatic rings. The summed E-state index contributed by atoms with van der Waals surface area (Å²) in [4.78, 5) is 4.20. The van der Waals surface area contributed by atoms with Gasteiger partial charge in [0.2, 0.25) is 11.7 Å². The van der Waals surface area contributed by atoms with E-state index in [0.29, 0.717) is 23.9 Å². The van der Waals surface area contributed by atoms with Crippen LogP contribution in [0.1, 0.15) is 44.0 Å². The largest absolute Gasteiger partial charge is 0.485 e. The molecule has 0 radical (unpaired) electrons. The van der Waals surface area contributed by atoms with Gasteiger partial charge in [-0.05, 0) is 31.0 Å². The fourth-order valence-corrected chi connectivity index (χ4v) is 1.90. The van der Waals surface area contributed by atoms with Gasteiger partial charge in [-0.25, -0.2) is 4.39 Å². The normalized spacial score (nSPS) is 12.7. The zero-order valence-electron chi connectivity index (χ0n) is 12.5. The predicted molar refractivity (Wildman–Crippen MR) is 76.5 cm³/mol. The summed E-state index contributed by atoms with van der Waals surface area (Å²) in [6.07, 6.45) is 0.591. The molecule has 0 spiro atoms. The molecular weight excluding hydrogens is 273 g/mol. The molecule has 2 rings (SSSR count). The maximum absolute atomic E-state index is 13.5. The average molecular weight is 293 g/mol. The molecule has 5 nitrogen and oxygen atoms in total. The fourth-order valence-electron chi connectivity index (χ4n) is 1.90. The molecule has 0 aliphatic heterocycles. The first-order valence-corrected chi connectivity index (χ1v) is 6.94. The number of benzene rings is 1. The molecule has 0 amide bonds. The van der Waals surface area contributed by atoms with Crippen molar-refractivity contribution in [2.24, 2.45) is 5.73 Å². The van der Waals surface area contributed by atoms with E-state index < -0.39 is 0 Å². The van der Waals surface area contributed by atoms with Crippen molar-refractivity contribution in [2.75, 3.05) is 0 Å². The molecule has 1 unspecified atom stereocenters. The van der Waals surface area contributed by atoms with E-state index in [2.05, 4.69) is 10.1 Å². The number of halogens is 1. The summed E-state index contributed by atoms with van der Waals surface area (Å²) < 4.78 is 24.1. The van der Waals surface area contributed by atoms with Gasteiger partial charge in [0.15, 0.2) is 6.61 Å². The summed E-state index contributed by atoms with van der Waals surface area (Å²) in [5.74, 6) is 1.25. The number of hydrogen-bond acceptors (Lipinski definition) is 5. The lowest BCUT2D eigenvalue weighted by Crippen LogP contribution is -2.17. The quantitative estimate of drug-likeness (QED) is 0.886. The van der Waals surface area contributed by atoms with Gasteiger partial charge in [-0.15, -0.1) is 0 Å². The summed E-state index contributed by atoms with van der Waals surface area (Å²) >= 11 is 0. The van der Waals surface area contributed by atoms with Crippen molar-refractivity contribution in [3.63, 3.8) is 0 Å². The predicted octanol–water partition coefficient (Wildman–Crippen LogP) is 2.80. The minimum Gasteiger partial charge on any atom is -0.485 e. The molecule has 2 N–H and O–H groups in total. The van der Waals surface area contributed by atoms with Crippen molar-refractivity contribution < 1.29 is 13.7 Å². The zero-order valence-corrected chi connectivity index (χ0v) is 12.5. The second-order valence-electron chi connectivity index (χ2n) is 5.47. The number of ether oxygens (including phenoxy) is 1. The van der Waals surface area contributed by atoms with Crippen molar-refractivity contribution >= 4 is 0 Å². The molecule has 0 aliphatic carbocycles. The highest BCUT2D eigenvalue weighted by Gasteiger charge is 2.11. The van der Waals surface area contributed by atoms with Crippen LogP contribution >= 0.6 is 0 Å². The number of hydrogen-bond donors (Lipinski definition) is 1. The smallest absolute Gasteiger partial charge is 0.229 e. The Hall–Kier alpha value is -1.95. The van der Waals surface area contributed by atoms with Gasteiger partial charge in [0.05, 0.1) is 0 Å². The molecule has 2 aromatic rings. The molecule has 1 atom stereocenters. The van der Waals surface area contributed by atoms with E-state index in [1.54, 1.807) is 6.07 Å². The monoisotopic (exact) mass is 293 g/mol. The molecule has 6 heteroatoms. The molecule has 0 saturated heterocycles. The first kappa shape index (κ1) is 15.4. The molecule has 1 aromatic heterocycles. The maximum Gasteiger partial charge on any atom is 0.229 e. The first-order chi connectivity index (χ1) is 9.94. The van der Waals surface area contributed by atoms with Crippen LogP contribution in [0.4, 0.5) is 4.39 Å². The Morgan fingerprint density at radius 1 is 1.29 bits per heavy atom. The van der Waals surface area contributed by atoms with Crippen LogP contribution in [0.25, 0.3) is 0 Å². The highest BCUT2D eigenvalue weighted by molar-refractivity contribution is 5.30. The van der Waals surface area contributed by atoms with Gasteiger partial charge in [-0.3, -0.25) is 0 Å². The summed E-state index contributed by atoms with van der Waals surface area (Å²) in [5, 5.41) is 3.82. The van der Waals surface area contributed by atoms with Gasteiger partial charge >= 0.3 is 0 Å². The Labute approximate surface area is 123 Å². The third-order valence-electron chi connectivity index (χ3n) is 2.83. The van der Waals surface area contributed by atoms with Crippen LogP contribution in [-0.4, -0.2) is 16.2 Å². The van der Waals surface area contributed by atoms with Crippen LogP contribution < -0.4 is 10.5 Å². The van der Waals surface area contributed by atoms with Crippen LogP contribution in [0.3, 0.4) is 0 Å². The van der Waals surface area contributed by atoms with E-state index in [9.17, 15) is 4.39 Å². The van der Waals surface area contributed by atoms with Crippen LogP contribution in [0, 0.1) is 5.82 Å². The van der Waals surface area contributed by atoms with Crippen molar-refractivity contribution in [3.8, 4) is 5.75 Å². The highest BCUT2D eigenvalue weighted by Crippen LogP contribution is 2.19. The van der Waals surface area contributed by atoms with Crippen LogP contribution in [0.15, 0.2) is 22.7 Å². The molecule has 0 bridgehead atoms.